The van der Waals surface area contributed by atoms with E-state index in [1.165, 1.54) is 12.1 Å². The number of benzene rings is 1. The van der Waals surface area contributed by atoms with Crippen LogP contribution in [0.4, 0.5) is 4.39 Å². The number of rotatable bonds is 4. The summed E-state index contributed by atoms with van der Waals surface area (Å²) in [5, 5.41) is 2.92. The summed E-state index contributed by atoms with van der Waals surface area (Å²) in [6.07, 6.45) is 3.40. The summed E-state index contributed by atoms with van der Waals surface area (Å²) < 4.78 is 13.0. The maximum atomic E-state index is 13.0. The Hall–Kier alpha value is -1.42. The molecule has 0 aromatic heterocycles. The van der Waals surface area contributed by atoms with E-state index < -0.39 is 5.41 Å². The molecule has 3 N–H and O–H groups in total. The van der Waals surface area contributed by atoms with Crippen LogP contribution < -0.4 is 11.1 Å². The highest BCUT2D eigenvalue weighted by molar-refractivity contribution is 5.83. The van der Waals surface area contributed by atoms with Crippen LogP contribution in [0.1, 0.15) is 31.7 Å². The minimum Gasteiger partial charge on any atom is -0.355 e. The van der Waals surface area contributed by atoms with Crippen LogP contribution in [0, 0.1) is 11.2 Å². The van der Waals surface area contributed by atoms with E-state index in [-0.39, 0.29) is 17.8 Å². The molecule has 2 unspecified atom stereocenters. The number of hydrogen-bond donors (Lipinski definition) is 2. The molecule has 2 rings (SSSR count). The highest BCUT2D eigenvalue weighted by Crippen LogP contribution is 2.36. The molecule has 1 aliphatic rings. The van der Waals surface area contributed by atoms with Gasteiger partial charge in [-0.25, -0.2) is 4.39 Å². The molecule has 1 saturated carbocycles. The zero-order valence-corrected chi connectivity index (χ0v) is 11.3. The molecule has 0 radical (unpaired) electrons. The van der Waals surface area contributed by atoms with Crippen molar-refractivity contribution in [2.45, 2.75) is 38.6 Å². The molecular weight excluding hydrogens is 243 g/mol. The van der Waals surface area contributed by atoms with Crippen LogP contribution in [0.5, 0.6) is 0 Å². The lowest BCUT2D eigenvalue weighted by Crippen LogP contribution is -2.47. The summed E-state index contributed by atoms with van der Waals surface area (Å²) in [5.74, 6) is -0.220. The minimum atomic E-state index is -0.443. The van der Waals surface area contributed by atoms with Gasteiger partial charge in [-0.1, -0.05) is 18.6 Å². The zero-order valence-electron chi connectivity index (χ0n) is 11.3. The Bertz CT molecular complexity index is 463. The maximum Gasteiger partial charge on any atom is 0.227 e. The molecule has 3 nitrogen and oxygen atoms in total. The van der Waals surface area contributed by atoms with E-state index in [0.717, 1.165) is 24.8 Å². The first-order chi connectivity index (χ1) is 9.02. The highest BCUT2D eigenvalue weighted by Gasteiger charge is 2.42. The Balaban J connectivity index is 1.84. The van der Waals surface area contributed by atoms with Crippen LogP contribution >= 0.6 is 0 Å². The molecule has 2 atom stereocenters. The van der Waals surface area contributed by atoms with Crippen LogP contribution in [0.15, 0.2) is 24.3 Å². The lowest BCUT2D eigenvalue weighted by atomic mass is 9.84. The van der Waals surface area contributed by atoms with Gasteiger partial charge in [0.05, 0.1) is 5.41 Å². The lowest BCUT2D eigenvalue weighted by Gasteiger charge is -2.27. The van der Waals surface area contributed by atoms with Crippen LogP contribution in [0.3, 0.4) is 0 Å². The third kappa shape index (κ3) is 3.13. The van der Waals surface area contributed by atoms with Crippen molar-refractivity contribution in [2.75, 3.05) is 6.54 Å². The molecule has 0 bridgehead atoms. The monoisotopic (exact) mass is 264 g/mol. The van der Waals surface area contributed by atoms with Gasteiger partial charge in [-0.05, 0) is 43.9 Å². The molecule has 1 amide bonds. The summed E-state index contributed by atoms with van der Waals surface area (Å²) in [6, 6.07) is 6.40. The number of carbonyl (C=O) groups is 1. The quantitative estimate of drug-likeness (QED) is 0.874. The van der Waals surface area contributed by atoms with Crippen LogP contribution in [-0.2, 0) is 11.2 Å². The van der Waals surface area contributed by atoms with Gasteiger partial charge in [-0.2, -0.15) is 0 Å². The van der Waals surface area contributed by atoms with Gasteiger partial charge in [-0.15, -0.1) is 0 Å². The molecule has 0 aliphatic heterocycles. The number of amides is 1. The smallest absolute Gasteiger partial charge is 0.227 e. The lowest BCUT2D eigenvalue weighted by molar-refractivity contribution is -0.130. The van der Waals surface area contributed by atoms with Crippen molar-refractivity contribution in [3.05, 3.63) is 35.6 Å². The Morgan fingerprint density at radius 3 is 3.00 bits per heavy atom. The fourth-order valence-corrected chi connectivity index (χ4v) is 2.69. The van der Waals surface area contributed by atoms with Crippen molar-refractivity contribution in [3.8, 4) is 0 Å². The van der Waals surface area contributed by atoms with Gasteiger partial charge in [0.15, 0.2) is 0 Å². The van der Waals surface area contributed by atoms with E-state index in [1.807, 2.05) is 13.0 Å². The fraction of sp³-hybridized carbons (Fsp3) is 0.533. The third-order valence-corrected chi connectivity index (χ3v) is 4.14. The summed E-state index contributed by atoms with van der Waals surface area (Å²) in [4.78, 5) is 12.2. The second-order valence-electron chi connectivity index (χ2n) is 5.55. The van der Waals surface area contributed by atoms with E-state index in [0.29, 0.717) is 13.0 Å². The minimum absolute atomic E-state index is 0.0221. The zero-order chi connectivity index (χ0) is 13.9. The summed E-state index contributed by atoms with van der Waals surface area (Å²) in [5.41, 5.74) is 6.45. The summed E-state index contributed by atoms with van der Waals surface area (Å²) in [7, 11) is 0. The maximum absolute atomic E-state index is 13.0. The second kappa shape index (κ2) is 5.70. The molecule has 1 aromatic carbocycles. The summed E-state index contributed by atoms with van der Waals surface area (Å²) >= 11 is 0. The molecule has 0 spiro atoms. The van der Waals surface area contributed by atoms with Gasteiger partial charge in [0.25, 0.3) is 0 Å². The topological polar surface area (TPSA) is 55.1 Å². The molecule has 104 valence electrons. The number of carbonyl (C=O) groups excluding carboxylic acids is 1. The van der Waals surface area contributed by atoms with Gasteiger partial charge in [0.2, 0.25) is 5.91 Å². The predicted octanol–water partition coefficient (Wildman–Crippen LogP) is 2.00. The number of nitrogens with two attached hydrogens (primary N) is 1. The van der Waals surface area contributed by atoms with Crippen LogP contribution in [-0.4, -0.2) is 18.5 Å². The second-order valence-corrected chi connectivity index (χ2v) is 5.55. The van der Waals surface area contributed by atoms with Gasteiger partial charge < -0.3 is 11.1 Å². The molecule has 0 saturated heterocycles. The molecule has 19 heavy (non-hydrogen) atoms. The Morgan fingerprint density at radius 1 is 1.58 bits per heavy atom. The Kier molecular flexibility index (Phi) is 4.20. The van der Waals surface area contributed by atoms with E-state index in [2.05, 4.69) is 5.32 Å². The van der Waals surface area contributed by atoms with Crippen molar-refractivity contribution in [1.82, 2.24) is 5.32 Å². The van der Waals surface area contributed by atoms with Crippen molar-refractivity contribution >= 4 is 5.91 Å². The molecule has 0 heterocycles. The molecule has 4 heteroatoms. The number of nitrogens with one attached hydrogen (secondary N) is 1. The van der Waals surface area contributed by atoms with E-state index in [9.17, 15) is 9.18 Å². The van der Waals surface area contributed by atoms with Gasteiger partial charge in [-0.3, -0.25) is 4.79 Å². The summed E-state index contributed by atoms with van der Waals surface area (Å²) in [6.45, 7) is 2.45. The van der Waals surface area contributed by atoms with Gasteiger partial charge in [0, 0.05) is 12.6 Å². The normalized spacial score (nSPS) is 26.4. The first kappa shape index (κ1) is 14.0. The first-order valence-corrected chi connectivity index (χ1v) is 6.81. The highest BCUT2D eigenvalue weighted by atomic mass is 19.1. The molecule has 1 aliphatic carbocycles. The van der Waals surface area contributed by atoms with Crippen molar-refractivity contribution in [2.24, 2.45) is 11.1 Å². The molecule has 1 aromatic rings. The average Bonchev–Trinajstić information content (AvgIpc) is 2.71. The Morgan fingerprint density at radius 2 is 2.37 bits per heavy atom. The van der Waals surface area contributed by atoms with Gasteiger partial charge >= 0.3 is 0 Å². The molecular formula is C15H21FN2O. The Labute approximate surface area is 113 Å². The molecule has 1 fully saturated rings. The fourth-order valence-electron chi connectivity index (χ4n) is 2.69. The SMILES string of the molecule is CC1(C(=O)NCCc2cccc(F)c2)CCCC1N. The van der Waals surface area contributed by atoms with Crippen molar-refractivity contribution < 1.29 is 9.18 Å². The van der Waals surface area contributed by atoms with Crippen molar-refractivity contribution in [3.63, 3.8) is 0 Å². The first-order valence-electron chi connectivity index (χ1n) is 6.81. The number of hydrogen-bond acceptors (Lipinski definition) is 2. The average molecular weight is 264 g/mol. The third-order valence-electron chi connectivity index (χ3n) is 4.14. The predicted molar refractivity (Wildman–Crippen MR) is 73.0 cm³/mol. The van der Waals surface area contributed by atoms with Crippen LogP contribution in [0.25, 0.3) is 0 Å². The van der Waals surface area contributed by atoms with E-state index in [1.54, 1.807) is 6.07 Å². The van der Waals surface area contributed by atoms with Crippen LogP contribution in [0.2, 0.25) is 0 Å². The van der Waals surface area contributed by atoms with Crippen molar-refractivity contribution in [1.29, 1.82) is 0 Å². The standard InChI is InChI=1S/C15H21FN2O/c1-15(8-3-6-13(15)17)14(19)18-9-7-11-4-2-5-12(16)10-11/h2,4-5,10,13H,3,6-9,17H2,1H3,(H,18,19). The van der Waals surface area contributed by atoms with E-state index >= 15 is 0 Å². The van der Waals surface area contributed by atoms with E-state index in [4.69, 9.17) is 5.73 Å². The van der Waals surface area contributed by atoms with Gasteiger partial charge in [0.1, 0.15) is 5.82 Å². The largest absolute Gasteiger partial charge is 0.355 e. The number of halogens is 1.